The summed E-state index contributed by atoms with van der Waals surface area (Å²) in [4.78, 5) is 24.6. The van der Waals surface area contributed by atoms with Gasteiger partial charge in [0.2, 0.25) is 0 Å². The van der Waals surface area contributed by atoms with Crippen molar-refractivity contribution in [2.45, 2.75) is 71.1 Å². The molecule has 24 heavy (non-hydrogen) atoms. The van der Waals surface area contributed by atoms with Crippen LogP contribution in [-0.2, 0) is 4.79 Å². The quantitative estimate of drug-likeness (QED) is 0.480. The highest BCUT2D eigenvalue weighted by atomic mass is 16.4. The Morgan fingerprint density at radius 3 is 2.46 bits per heavy atom. The summed E-state index contributed by atoms with van der Waals surface area (Å²) in [6, 6.07) is 0.00793. The van der Waals surface area contributed by atoms with Crippen molar-refractivity contribution in [2.75, 3.05) is 19.6 Å². The van der Waals surface area contributed by atoms with E-state index in [1.807, 2.05) is 11.8 Å². The Morgan fingerprint density at radius 2 is 1.96 bits per heavy atom. The lowest BCUT2D eigenvalue weighted by atomic mass is 9.85. The molecule has 1 aliphatic carbocycles. The molecule has 7 heteroatoms. The molecule has 0 saturated heterocycles. The van der Waals surface area contributed by atoms with Crippen LogP contribution in [0, 0.1) is 5.92 Å². The molecule has 0 aromatic rings. The Balaban J connectivity index is 2.24. The molecule has 7 nitrogen and oxygen atoms in total. The molecular weight excluding hydrogens is 310 g/mol. The lowest BCUT2D eigenvalue weighted by Crippen LogP contribution is -2.57. The van der Waals surface area contributed by atoms with Crippen LogP contribution in [0.5, 0.6) is 0 Å². The number of likely N-dealkylation sites (N-methyl/N-ethyl adjacent to an activating group) is 1. The summed E-state index contributed by atoms with van der Waals surface area (Å²) < 4.78 is 0. The van der Waals surface area contributed by atoms with Gasteiger partial charge in [0.15, 0.2) is 0 Å². The molecule has 1 unspecified atom stereocenters. The molecule has 1 aliphatic rings. The third kappa shape index (κ3) is 7.49. The molecule has 1 rings (SSSR count). The van der Waals surface area contributed by atoms with Gasteiger partial charge in [0.1, 0.15) is 0 Å². The van der Waals surface area contributed by atoms with E-state index in [1.165, 1.54) is 0 Å². The van der Waals surface area contributed by atoms with Gasteiger partial charge in [0.05, 0.1) is 12.1 Å². The van der Waals surface area contributed by atoms with Gasteiger partial charge in [-0.05, 0) is 45.1 Å². The van der Waals surface area contributed by atoms with Crippen molar-refractivity contribution >= 4 is 12.0 Å². The number of amides is 2. The second-order valence-corrected chi connectivity index (χ2v) is 7.54. The fourth-order valence-electron chi connectivity index (χ4n) is 2.87. The smallest absolute Gasteiger partial charge is 0.317 e. The van der Waals surface area contributed by atoms with Crippen LogP contribution >= 0.6 is 0 Å². The second kappa shape index (κ2) is 9.22. The third-order valence-electron chi connectivity index (χ3n) is 4.60. The number of urea groups is 1. The number of carbonyl (C=O) groups is 2. The van der Waals surface area contributed by atoms with Crippen molar-refractivity contribution in [1.29, 1.82) is 0 Å². The number of nitrogens with one attached hydrogen (secondary N) is 2. The predicted molar refractivity (Wildman–Crippen MR) is 92.9 cm³/mol. The first-order chi connectivity index (χ1) is 11.1. The number of hydrogen-bond acceptors (Lipinski definition) is 4. The first-order valence-electron chi connectivity index (χ1n) is 8.85. The average molecular weight is 343 g/mol. The van der Waals surface area contributed by atoms with Crippen molar-refractivity contribution in [1.82, 2.24) is 15.5 Å². The van der Waals surface area contributed by atoms with Crippen molar-refractivity contribution in [2.24, 2.45) is 5.92 Å². The largest absolute Gasteiger partial charge is 0.480 e. The monoisotopic (exact) mass is 343 g/mol. The molecule has 0 aromatic carbocycles. The van der Waals surface area contributed by atoms with E-state index >= 15 is 0 Å². The number of carboxylic acid groups (broad SMARTS) is 1. The lowest BCUT2D eigenvalue weighted by Gasteiger charge is -2.42. The Kier molecular flexibility index (Phi) is 7.96. The van der Waals surface area contributed by atoms with Gasteiger partial charge in [-0.15, -0.1) is 0 Å². The fourth-order valence-corrected chi connectivity index (χ4v) is 2.87. The summed E-state index contributed by atoms with van der Waals surface area (Å²) >= 11 is 0. The predicted octanol–water partition coefficient (Wildman–Crippen LogP) is 1.41. The SMILES string of the molecule is CCN(CC(=O)O)C1CC(NC(=O)NCC(C)(O)CCC(C)C)C1. The zero-order valence-corrected chi connectivity index (χ0v) is 15.3. The van der Waals surface area contributed by atoms with E-state index in [1.54, 1.807) is 6.92 Å². The van der Waals surface area contributed by atoms with Gasteiger partial charge in [-0.2, -0.15) is 0 Å². The Labute approximate surface area is 144 Å². The summed E-state index contributed by atoms with van der Waals surface area (Å²) in [6.45, 7) is 8.84. The minimum absolute atomic E-state index is 0.0405. The van der Waals surface area contributed by atoms with Gasteiger partial charge >= 0.3 is 12.0 Å². The molecule has 140 valence electrons. The maximum atomic E-state index is 11.9. The zero-order chi connectivity index (χ0) is 18.3. The Hall–Kier alpha value is -1.34. The van der Waals surface area contributed by atoms with E-state index in [0.29, 0.717) is 18.9 Å². The van der Waals surface area contributed by atoms with Gasteiger partial charge in [0, 0.05) is 18.6 Å². The summed E-state index contributed by atoms with van der Waals surface area (Å²) in [5.41, 5.74) is -0.899. The number of nitrogens with zero attached hydrogens (tertiary/aromatic N) is 1. The van der Waals surface area contributed by atoms with Crippen molar-refractivity contribution < 1.29 is 19.8 Å². The van der Waals surface area contributed by atoms with Gasteiger partial charge in [0.25, 0.3) is 0 Å². The topological polar surface area (TPSA) is 102 Å². The summed E-state index contributed by atoms with van der Waals surface area (Å²) in [5, 5.41) is 24.7. The molecule has 0 aliphatic heterocycles. The van der Waals surface area contributed by atoms with Crippen LogP contribution in [0.3, 0.4) is 0 Å². The highest BCUT2D eigenvalue weighted by Crippen LogP contribution is 2.25. The number of hydrogen-bond donors (Lipinski definition) is 4. The van der Waals surface area contributed by atoms with Gasteiger partial charge in [-0.1, -0.05) is 20.8 Å². The van der Waals surface area contributed by atoms with Gasteiger partial charge in [-0.25, -0.2) is 4.79 Å². The summed E-state index contributed by atoms with van der Waals surface area (Å²) in [5.74, 6) is -0.306. The molecular formula is C17H33N3O4. The van der Waals surface area contributed by atoms with E-state index < -0.39 is 11.6 Å². The molecule has 4 N–H and O–H groups in total. The molecule has 0 heterocycles. The Bertz CT molecular complexity index is 420. The molecule has 0 aromatic heterocycles. The molecule has 2 amide bonds. The fraction of sp³-hybridized carbons (Fsp3) is 0.882. The first kappa shape index (κ1) is 20.7. The minimum atomic E-state index is -0.899. The van der Waals surface area contributed by atoms with Gasteiger partial charge in [-0.3, -0.25) is 9.69 Å². The molecule has 0 spiro atoms. The first-order valence-corrected chi connectivity index (χ1v) is 8.85. The maximum Gasteiger partial charge on any atom is 0.317 e. The standard InChI is InChI=1S/C17H33N3O4/c1-5-20(10-15(21)22)14-8-13(9-14)19-16(23)18-11-17(4,24)7-6-12(2)3/h12-14,24H,5-11H2,1-4H3,(H,21,22)(H2,18,19,23). The van der Waals surface area contributed by atoms with Crippen LogP contribution in [0.25, 0.3) is 0 Å². The van der Waals surface area contributed by atoms with Crippen LogP contribution in [0.1, 0.15) is 53.4 Å². The third-order valence-corrected chi connectivity index (χ3v) is 4.60. The normalized spacial score (nSPS) is 22.8. The van der Waals surface area contributed by atoms with Crippen molar-refractivity contribution in [3.8, 4) is 0 Å². The summed E-state index contributed by atoms with van der Waals surface area (Å²) in [6.07, 6.45) is 3.09. The zero-order valence-electron chi connectivity index (χ0n) is 15.3. The van der Waals surface area contributed by atoms with Crippen LogP contribution in [0.15, 0.2) is 0 Å². The maximum absolute atomic E-state index is 11.9. The van der Waals surface area contributed by atoms with Crippen molar-refractivity contribution in [3.63, 3.8) is 0 Å². The van der Waals surface area contributed by atoms with E-state index in [4.69, 9.17) is 5.11 Å². The van der Waals surface area contributed by atoms with Gasteiger partial charge < -0.3 is 20.8 Å². The van der Waals surface area contributed by atoms with E-state index in [0.717, 1.165) is 19.3 Å². The number of carboxylic acids is 1. The molecule has 1 atom stereocenters. The second-order valence-electron chi connectivity index (χ2n) is 7.54. The van der Waals surface area contributed by atoms with E-state index in [2.05, 4.69) is 24.5 Å². The number of aliphatic hydroxyl groups is 1. The highest BCUT2D eigenvalue weighted by Gasteiger charge is 2.34. The van der Waals surface area contributed by atoms with E-state index in [9.17, 15) is 14.7 Å². The van der Waals surface area contributed by atoms with Crippen molar-refractivity contribution in [3.05, 3.63) is 0 Å². The number of carbonyl (C=O) groups excluding carboxylic acids is 1. The molecule has 1 saturated carbocycles. The van der Waals surface area contributed by atoms with Crippen LogP contribution in [0.4, 0.5) is 4.79 Å². The van der Waals surface area contributed by atoms with Crippen LogP contribution in [0.2, 0.25) is 0 Å². The number of aliphatic carboxylic acids is 1. The number of rotatable bonds is 10. The molecule has 0 bridgehead atoms. The Morgan fingerprint density at radius 1 is 1.33 bits per heavy atom. The lowest BCUT2D eigenvalue weighted by molar-refractivity contribution is -0.139. The van der Waals surface area contributed by atoms with Crippen LogP contribution < -0.4 is 10.6 Å². The molecule has 1 fully saturated rings. The van der Waals surface area contributed by atoms with Crippen LogP contribution in [-0.4, -0.2) is 64.4 Å². The average Bonchev–Trinajstić information content (AvgIpc) is 2.44. The van der Waals surface area contributed by atoms with E-state index in [-0.39, 0.29) is 31.2 Å². The highest BCUT2D eigenvalue weighted by molar-refractivity contribution is 5.74. The minimum Gasteiger partial charge on any atom is -0.480 e. The molecule has 0 radical (unpaired) electrons. The summed E-state index contributed by atoms with van der Waals surface area (Å²) in [7, 11) is 0.